The van der Waals surface area contributed by atoms with E-state index in [1.54, 1.807) is 19.1 Å². The van der Waals surface area contributed by atoms with E-state index < -0.39 is 11.4 Å². The third kappa shape index (κ3) is 3.45. The molecule has 2 N–H and O–H groups in total. The second-order valence-electron chi connectivity index (χ2n) is 7.36. The van der Waals surface area contributed by atoms with E-state index in [1.807, 2.05) is 6.07 Å². The number of hydrogen-bond acceptors (Lipinski definition) is 7. The SMILES string of the molecule is C[C@]1(c2cc(CC(=O)c3ccc(C#N)cn3)ccc2F)N=C(N)O[C@@H]2COC[C@@H]21. The van der Waals surface area contributed by atoms with Gasteiger partial charge in [-0.2, -0.15) is 5.26 Å². The van der Waals surface area contributed by atoms with E-state index in [0.29, 0.717) is 29.9 Å². The van der Waals surface area contributed by atoms with Crippen molar-refractivity contribution in [3.05, 3.63) is 64.7 Å². The number of fused-ring (bicyclic) bond motifs is 1. The molecular weight excluding hydrogens is 375 g/mol. The van der Waals surface area contributed by atoms with Crippen LogP contribution in [-0.2, 0) is 21.4 Å². The number of carbonyl (C=O) groups is 1. The summed E-state index contributed by atoms with van der Waals surface area (Å²) in [5, 5.41) is 8.84. The number of nitriles is 1. The van der Waals surface area contributed by atoms with Gasteiger partial charge >= 0.3 is 0 Å². The van der Waals surface area contributed by atoms with E-state index in [-0.39, 0.29) is 35.9 Å². The van der Waals surface area contributed by atoms with Crippen molar-refractivity contribution in [2.45, 2.75) is 25.0 Å². The number of benzene rings is 1. The van der Waals surface area contributed by atoms with Crippen molar-refractivity contribution in [1.29, 1.82) is 5.26 Å². The molecular formula is C21H19FN4O3. The van der Waals surface area contributed by atoms with Crippen molar-refractivity contribution in [1.82, 2.24) is 4.98 Å². The maximum absolute atomic E-state index is 14.8. The summed E-state index contributed by atoms with van der Waals surface area (Å²) in [6.07, 6.45) is 1.11. The van der Waals surface area contributed by atoms with Crippen molar-refractivity contribution in [3.8, 4) is 6.07 Å². The van der Waals surface area contributed by atoms with Crippen LogP contribution in [0.2, 0.25) is 0 Å². The number of aromatic nitrogens is 1. The van der Waals surface area contributed by atoms with E-state index in [0.717, 1.165) is 0 Å². The van der Waals surface area contributed by atoms with Crippen molar-refractivity contribution in [2.75, 3.05) is 13.2 Å². The Bertz CT molecular complexity index is 1030. The molecule has 0 bridgehead atoms. The quantitative estimate of drug-likeness (QED) is 0.795. The van der Waals surface area contributed by atoms with Crippen LogP contribution in [0.1, 0.15) is 34.1 Å². The van der Waals surface area contributed by atoms with E-state index in [2.05, 4.69) is 9.98 Å². The van der Waals surface area contributed by atoms with Gasteiger partial charge in [0.15, 0.2) is 5.78 Å². The van der Waals surface area contributed by atoms with Gasteiger partial charge in [-0.25, -0.2) is 9.38 Å². The molecule has 0 unspecified atom stereocenters. The second kappa shape index (κ2) is 7.26. The van der Waals surface area contributed by atoms with Crippen LogP contribution >= 0.6 is 0 Å². The number of nitrogens with two attached hydrogens (primary N) is 1. The molecule has 0 aliphatic carbocycles. The topological polar surface area (TPSA) is 111 Å². The molecule has 4 rings (SSSR count). The third-order valence-electron chi connectivity index (χ3n) is 5.48. The largest absolute Gasteiger partial charge is 0.459 e. The fraction of sp³-hybridized carbons (Fsp3) is 0.333. The number of halogens is 1. The zero-order valence-electron chi connectivity index (χ0n) is 15.8. The van der Waals surface area contributed by atoms with E-state index in [9.17, 15) is 9.18 Å². The first-order chi connectivity index (χ1) is 13.9. The lowest BCUT2D eigenvalue weighted by atomic mass is 9.77. The first-order valence-electron chi connectivity index (χ1n) is 9.18. The van der Waals surface area contributed by atoms with Crippen LogP contribution in [0.4, 0.5) is 4.39 Å². The first kappa shape index (κ1) is 19.0. The Hall–Kier alpha value is -3.31. The summed E-state index contributed by atoms with van der Waals surface area (Å²) in [4.78, 5) is 21.0. The van der Waals surface area contributed by atoms with Crippen molar-refractivity contribution >= 4 is 11.8 Å². The summed E-state index contributed by atoms with van der Waals surface area (Å²) in [6.45, 7) is 2.57. The van der Waals surface area contributed by atoms with Gasteiger partial charge in [0.05, 0.1) is 30.2 Å². The molecule has 148 valence electrons. The van der Waals surface area contributed by atoms with E-state index >= 15 is 0 Å². The number of ketones is 1. The molecule has 0 radical (unpaired) electrons. The Morgan fingerprint density at radius 3 is 2.93 bits per heavy atom. The van der Waals surface area contributed by atoms with Gasteiger partial charge in [0.2, 0.25) is 0 Å². The lowest BCUT2D eigenvalue weighted by molar-refractivity contribution is 0.0816. The number of pyridine rings is 1. The minimum Gasteiger partial charge on any atom is -0.459 e. The highest BCUT2D eigenvalue weighted by Gasteiger charge is 2.50. The predicted molar refractivity (Wildman–Crippen MR) is 102 cm³/mol. The van der Waals surface area contributed by atoms with Crippen LogP contribution < -0.4 is 5.73 Å². The van der Waals surface area contributed by atoms with E-state index in [1.165, 1.54) is 24.4 Å². The van der Waals surface area contributed by atoms with Gasteiger partial charge in [-0.05, 0) is 36.8 Å². The number of carbonyl (C=O) groups excluding carboxylic acids is 1. The van der Waals surface area contributed by atoms with Gasteiger partial charge in [0.25, 0.3) is 6.02 Å². The minimum atomic E-state index is -0.959. The van der Waals surface area contributed by atoms with Gasteiger partial charge in [-0.1, -0.05) is 6.07 Å². The molecule has 2 aliphatic rings. The molecule has 0 spiro atoms. The smallest absolute Gasteiger partial charge is 0.283 e. The fourth-order valence-electron chi connectivity index (χ4n) is 3.90. The number of ether oxygens (including phenoxy) is 2. The van der Waals surface area contributed by atoms with Gasteiger partial charge in [-0.15, -0.1) is 0 Å². The average Bonchev–Trinajstić information content (AvgIpc) is 3.18. The fourth-order valence-corrected chi connectivity index (χ4v) is 3.90. The Kier molecular flexibility index (Phi) is 4.76. The molecule has 1 aromatic heterocycles. The van der Waals surface area contributed by atoms with Crippen LogP contribution in [-0.4, -0.2) is 36.1 Å². The highest BCUT2D eigenvalue weighted by atomic mass is 19.1. The van der Waals surface area contributed by atoms with Gasteiger partial charge in [0.1, 0.15) is 23.7 Å². The molecule has 29 heavy (non-hydrogen) atoms. The molecule has 0 saturated carbocycles. The van der Waals surface area contributed by atoms with Crippen molar-refractivity contribution < 1.29 is 18.7 Å². The highest BCUT2D eigenvalue weighted by molar-refractivity contribution is 5.95. The summed E-state index contributed by atoms with van der Waals surface area (Å²) in [7, 11) is 0. The number of Topliss-reactive ketones (excluding diaryl/α,β-unsaturated/α-hetero) is 1. The number of hydrogen-bond donors (Lipinski definition) is 1. The second-order valence-corrected chi connectivity index (χ2v) is 7.36. The lowest BCUT2D eigenvalue weighted by Gasteiger charge is -2.38. The van der Waals surface area contributed by atoms with Crippen LogP contribution in [0.5, 0.6) is 0 Å². The number of amidine groups is 1. The van der Waals surface area contributed by atoms with Crippen molar-refractivity contribution in [2.24, 2.45) is 16.6 Å². The Labute approximate surface area is 167 Å². The average molecular weight is 394 g/mol. The van der Waals surface area contributed by atoms with Crippen LogP contribution in [0.3, 0.4) is 0 Å². The monoisotopic (exact) mass is 394 g/mol. The Morgan fingerprint density at radius 2 is 2.21 bits per heavy atom. The molecule has 1 aromatic carbocycles. The molecule has 2 aromatic rings. The van der Waals surface area contributed by atoms with Crippen LogP contribution in [0.25, 0.3) is 0 Å². The number of aliphatic imine (C=N–C) groups is 1. The van der Waals surface area contributed by atoms with E-state index in [4.69, 9.17) is 20.5 Å². The molecule has 2 aliphatic heterocycles. The molecule has 7 nitrogen and oxygen atoms in total. The lowest BCUT2D eigenvalue weighted by Crippen LogP contribution is -2.47. The molecule has 1 fully saturated rings. The zero-order valence-corrected chi connectivity index (χ0v) is 15.8. The summed E-state index contributed by atoms with van der Waals surface area (Å²) in [5.74, 6) is -0.839. The van der Waals surface area contributed by atoms with Crippen LogP contribution in [0, 0.1) is 23.1 Å². The standard InChI is InChI=1S/C21H19FN4O3/c1-21(15-10-28-11-19(15)29-20(24)26-21)14-6-12(2-4-16(14)22)7-18(27)17-5-3-13(8-23)9-25-17/h2-6,9,15,19H,7,10-11H2,1H3,(H2,24,26)/t15-,19+,21+/m0/s1. The minimum absolute atomic E-state index is 0.00177. The maximum Gasteiger partial charge on any atom is 0.283 e. The normalized spacial score (nSPS) is 25.5. The van der Waals surface area contributed by atoms with Gasteiger partial charge in [-0.3, -0.25) is 9.78 Å². The summed E-state index contributed by atoms with van der Waals surface area (Å²) < 4.78 is 25.8. The number of rotatable bonds is 4. The molecule has 3 atom stereocenters. The number of nitrogens with zero attached hydrogens (tertiary/aromatic N) is 3. The predicted octanol–water partition coefficient (Wildman–Crippen LogP) is 2.09. The molecule has 8 heteroatoms. The Morgan fingerprint density at radius 1 is 1.38 bits per heavy atom. The summed E-state index contributed by atoms with van der Waals surface area (Å²) in [5.41, 5.74) is 6.49. The van der Waals surface area contributed by atoms with Gasteiger partial charge in [0, 0.05) is 18.2 Å². The third-order valence-corrected chi connectivity index (χ3v) is 5.48. The first-order valence-corrected chi connectivity index (χ1v) is 9.18. The Balaban J connectivity index is 1.65. The van der Waals surface area contributed by atoms with Gasteiger partial charge < -0.3 is 15.2 Å². The highest BCUT2D eigenvalue weighted by Crippen LogP contribution is 2.43. The molecule has 0 amide bonds. The van der Waals surface area contributed by atoms with Crippen molar-refractivity contribution in [3.63, 3.8) is 0 Å². The molecule has 3 heterocycles. The van der Waals surface area contributed by atoms with Crippen LogP contribution in [0.15, 0.2) is 41.5 Å². The maximum atomic E-state index is 14.8. The zero-order chi connectivity index (χ0) is 20.6. The molecule has 1 saturated heterocycles. The summed E-state index contributed by atoms with van der Waals surface area (Å²) in [6, 6.07) is 9.56. The summed E-state index contributed by atoms with van der Waals surface area (Å²) >= 11 is 0.